The molecule has 8 heteroatoms. The zero-order valence-corrected chi connectivity index (χ0v) is 17.1. The standard InChI is InChI=1S/C22H22N4O3S/c27-22(28)26-10-7-14(8-11-26)17-4-3-9-23-20(17)29-16-12-15(13-16)24-21-25-18-5-1-2-6-19(18)30-21/h1-7,9,15-16H,8,10-13H2,(H,24,25)(H,27,28)/t15-,16-. The van der Waals surface area contributed by atoms with Crippen LogP contribution < -0.4 is 10.1 Å². The molecule has 7 nitrogen and oxygen atoms in total. The summed E-state index contributed by atoms with van der Waals surface area (Å²) in [6, 6.07) is 12.4. The summed E-state index contributed by atoms with van der Waals surface area (Å²) >= 11 is 1.67. The number of carboxylic acid groups (broad SMARTS) is 1. The van der Waals surface area contributed by atoms with E-state index in [1.807, 2.05) is 36.4 Å². The fourth-order valence-electron chi connectivity index (χ4n) is 3.86. The molecule has 0 atom stereocenters. The Morgan fingerprint density at radius 2 is 2.10 bits per heavy atom. The second-order valence-corrected chi connectivity index (χ2v) is 8.63. The number of para-hydroxylation sites is 1. The smallest absolute Gasteiger partial charge is 0.407 e. The lowest BCUT2D eigenvalue weighted by Crippen LogP contribution is -2.42. The summed E-state index contributed by atoms with van der Waals surface area (Å²) in [5.41, 5.74) is 3.08. The molecule has 1 fully saturated rings. The average Bonchev–Trinajstić information content (AvgIpc) is 3.15. The number of ether oxygens (including phenoxy) is 1. The Balaban J connectivity index is 1.20. The van der Waals surface area contributed by atoms with Crippen LogP contribution in [-0.4, -0.2) is 51.3 Å². The van der Waals surface area contributed by atoms with Crippen LogP contribution in [0.15, 0.2) is 48.7 Å². The molecule has 0 saturated heterocycles. The third-order valence-corrected chi connectivity index (χ3v) is 6.56. The quantitative estimate of drug-likeness (QED) is 0.630. The molecule has 1 aliphatic heterocycles. The van der Waals surface area contributed by atoms with Gasteiger partial charge in [0.15, 0.2) is 5.13 Å². The van der Waals surface area contributed by atoms with E-state index in [1.165, 1.54) is 9.60 Å². The normalized spacial score (nSPS) is 21.1. The van der Waals surface area contributed by atoms with Crippen LogP contribution in [0.2, 0.25) is 0 Å². The lowest BCUT2D eigenvalue weighted by atomic mass is 9.89. The van der Waals surface area contributed by atoms with Gasteiger partial charge in [0, 0.05) is 43.7 Å². The van der Waals surface area contributed by atoms with Gasteiger partial charge in [-0.2, -0.15) is 0 Å². The molecule has 2 aromatic heterocycles. The van der Waals surface area contributed by atoms with Crippen molar-refractivity contribution in [2.24, 2.45) is 0 Å². The van der Waals surface area contributed by atoms with Gasteiger partial charge in [0.25, 0.3) is 0 Å². The van der Waals surface area contributed by atoms with Crippen LogP contribution in [0.1, 0.15) is 24.8 Å². The van der Waals surface area contributed by atoms with E-state index in [0.29, 0.717) is 31.4 Å². The Labute approximate surface area is 178 Å². The summed E-state index contributed by atoms with van der Waals surface area (Å²) < 4.78 is 7.38. The van der Waals surface area contributed by atoms with E-state index in [4.69, 9.17) is 9.84 Å². The van der Waals surface area contributed by atoms with Crippen molar-refractivity contribution in [3.8, 4) is 5.88 Å². The summed E-state index contributed by atoms with van der Waals surface area (Å²) in [7, 11) is 0. The molecule has 5 rings (SSSR count). The Bertz CT molecular complexity index is 1070. The summed E-state index contributed by atoms with van der Waals surface area (Å²) in [5, 5.41) is 13.6. The van der Waals surface area contributed by atoms with E-state index in [1.54, 1.807) is 17.5 Å². The number of pyridine rings is 1. The lowest BCUT2D eigenvalue weighted by Gasteiger charge is -2.36. The predicted molar refractivity (Wildman–Crippen MR) is 117 cm³/mol. The van der Waals surface area contributed by atoms with E-state index in [0.717, 1.165) is 34.6 Å². The number of benzene rings is 1. The highest BCUT2D eigenvalue weighted by molar-refractivity contribution is 7.22. The molecule has 3 heterocycles. The predicted octanol–water partition coefficient (Wildman–Crippen LogP) is 4.48. The fraction of sp³-hybridized carbons (Fsp3) is 0.318. The van der Waals surface area contributed by atoms with Crippen molar-refractivity contribution < 1.29 is 14.6 Å². The van der Waals surface area contributed by atoms with Gasteiger partial charge in [-0.05, 0) is 36.3 Å². The Hall–Kier alpha value is -3.13. The molecular weight excluding hydrogens is 400 g/mol. The number of hydrogen-bond acceptors (Lipinski definition) is 6. The molecule has 3 aromatic rings. The fourth-order valence-corrected chi connectivity index (χ4v) is 4.81. The first-order chi connectivity index (χ1) is 14.7. The van der Waals surface area contributed by atoms with Gasteiger partial charge < -0.3 is 20.1 Å². The van der Waals surface area contributed by atoms with E-state index < -0.39 is 6.09 Å². The second kappa shape index (κ2) is 7.95. The van der Waals surface area contributed by atoms with Gasteiger partial charge in [-0.3, -0.25) is 0 Å². The number of hydrogen-bond donors (Lipinski definition) is 2. The van der Waals surface area contributed by atoms with Gasteiger partial charge >= 0.3 is 6.09 Å². The third-order valence-electron chi connectivity index (χ3n) is 5.59. The molecule has 1 aromatic carbocycles. The number of thiazole rings is 1. The van der Waals surface area contributed by atoms with Gasteiger partial charge in [0.05, 0.1) is 10.2 Å². The molecular formula is C22H22N4O3S. The maximum atomic E-state index is 11.1. The van der Waals surface area contributed by atoms with E-state index >= 15 is 0 Å². The van der Waals surface area contributed by atoms with Crippen LogP contribution in [-0.2, 0) is 0 Å². The van der Waals surface area contributed by atoms with Crippen molar-refractivity contribution >= 4 is 38.4 Å². The second-order valence-electron chi connectivity index (χ2n) is 7.60. The Morgan fingerprint density at radius 3 is 2.87 bits per heavy atom. The number of rotatable bonds is 5. The minimum absolute atomic E-state index is 0.116. The third kappa shape index (κ3) is 3.82. The van der Waals surface area contributed by atoms with Crippen molar-refractivity contribution in [3.63, 3.8) is 0 Å². The number of amides is 1. The minimum atomic E-state index is -0.880. The summed E-state index contributed by atoms with van der Waals surface area (Å²) in [6.07, 6.45) is 5.40. The van der Waals surface area contributed by atoms with Crippen LogP contribution in [0.3, 0.4) is 0 Å². The Morgan fingerprint density at radius 1 is 1.23 bits per heavy atom. The molecule has 1 aliphatic carbocycles. The Kier molecular flexibility index (Phi) is 5.00. The minimum Gasteiger partial charge on any atom is -0.474 e. The first kappa shape index (κ1) is 18.9. The number of aromatic nitrogens is 2. The van der Waals surface area contributed by atoms with Crippen molar-refractivity contribution in [1.29, 1.82) is 0 Å². The topological polar surface area (TPSA) is 87.6 Å². The molecule has 1 amide bonds. The number of nitrogens with zero attached hydrogens (tertiary/aromatic N) is 3. The van der Waals surface area contributed by atoms with Gasteiger partial charge in [-0.25, -0.2) is 14.8 Å². The molecule has 1 saturated carbocycles. The van der Waals surface area contributed by atoms with E-state index in [-0.39, 0.29) is 6.10 Å². The highest BCUT2D eigenvalue weighted by Crippen LogP contribution is 2.34. The molecule has 154 valence electrons. The van der Waals surface area contributed by atoms with Gasteiger partial charge in [-0.1, -0.05) is 29.5 Å². The van der Waals surface area contributed by atoms with Crippen LogP contribution in [0.5, 0.6) is 5.88 Å². The molecule has 2 aliphatic rings. The molecule has 30 heavy (non-hydrogen) atoms. The molecule has 0 unspecified atom stereocenters. The van der Waals surface area contributed by atoms with E-state index in [9.17, 15) is 4.79 Å². The zero-order chi connectivity index (χ0) is 20.5. The summed E-state index contributed by atoms with van der Waals surface area (Å²) in [6.45, 7) is 0.893. The van der Waals surface area contributed by atoms with Crippen molar-refractivity contribution in [2.45, 2.75) is 31.4 Å². The van der Waals surface area contributed by atoms with Crippen molar-refractivity contribution in [2.75, 3.05) is 18.4 Å². The molecule has 0 bridgehead atoms. The highest BCUT2D eigenvalue weighted by atomic mass is 32.1. The van der Waals surface area contributed by atoms with E-state index in [2.05, 4.69) is 21.4 Å². The van der Waals surface area contributed by atoms with Gasteiger partial charge in [0.1, 0.15) is 6.10 Å². The summed E-state index contributed by atoms with van der Waals surface area (Å²) in [4.78, 5) is 21.6. The largest absolute Gasteiger partial charge is 0.474 e. The maximum Gasteiger partial charge on any atom is 0.407 e. The van der Waals surface area contributed by atoms with Crippen molar-refractivity contribution in [3.05, 3.63) is 54.2 Å². The van der Waals surface area contributed by atoms with Gasteiger partial charge in [-0.15, -0.1) is 0 Å². The SMILES string of the molecule is O=C(O)N1CC=C(c2cccnc2O[C@H]2C[C@H](Nc3nc4ccccc4s3)C2)CC1. The van der Waals surface area contributed by atoms with Crippen LogP contribution in [0.4, 0.5) is 9.93 Å². The number of nitrogens with one attached hydrogen (secondary N) is 1. The lowest BCUT2D eigenvalue weighted by molar-refractivity contribution is 0.102. The first-order valence-corrected chi connectivity index (χ1v) is 10.9. The van der Waals surface area contributed by atoms with Crippen LogP contribution in [0.25, 0.3) is 15.8 Å². The van der Waals surface area contributed by atoms with Crippen LogP contribution >= 0.6 is 11.3 Å². The van der Waals surface area contributed by atoms with Gasteiger partial charge in [0.2, 0.25) is 5.88 Å². The number of fused-ring (bicyclic) bond motifs is 1. The molecule has 2 N–H and O–H groups in total. The van der Waals surface area contributed by atoms with Crippen LogP contribution in [0, 0.1) is 0 Å². The molecule has 0 radical (unpaired) electrons. The average molecular weight is 423 g/mol. The monoisotopic (exact) mass is 422 g/mol. The number of anilines is 1. The van der Waals surface area contributed by atoms with Crippen molar-refractivity contribution in [1.82, 2.24) is 14.9 Å². The maximum absolute atomic E-state index is 11.1. The number of carbonyl (C=O) groups is 1. The zero-order valence-electron chi connectivity index (χ0n) is 16.3. The summed E-state index contributed by atoms with van der Waals surface area (Å²) in [5.74, 6) is 0.635. The molecule has 0 spiro atoms. The highest BCUT2D eigenvalue weighted by Gasteiger charge is 2.32. The first-order valence-electron chi connectivity index (χ1n) is 10.1.